The first kappa shape index (κ1) is 7.56. The van der Waals surface area contributed by atoms with Gasteiger partial charge in [-0.3, -0.25) is 4.05 Å². The SMILES string of the molecule is O[N]([AlH2])C1CCCCC1. The van der Waals surface area contributed by atoms with Gasteiger partial charge in [0.25, 0.3) is 0 Å². The van der Waals surface area contributed by atoms with Crippen LogP contribution in [0.2, 0.25) is 0 Å². The van der Waals surface area contributed by atoms with Crippen LogP contribution in [0.15, 0.2) is 0 Å². The van der Waals surface area contributed by atoms with Crippen LogP contribution in [0.3, 0.4) is 0 Å². The van der Waals surface area contributed by atoms with Gasteiger partial charge in [0.05, 0.1) is 0 Å². The highest BCUT2D eigenvalue weighted by molar-refractivity contribution is 6.03. The summed E-state index contributed by atoms with van der Waals surface area (Å²) < 4.78 is 1.50. The minimum Gasteiger partial charge on any atom is -0.337 e. The summed E-state index contributed by atoms with van der Waals surface area (Å²) in [6.07, 6.45) is 6.40. The Morgan fingerprint density at radius 1 is 1.22 bits per heavy atom. The molecule has 0 aromatic heterocycles. The Labute approximate surface area is 64.4 Å². The Hall–Kier alpha value is 0.452. The van der Waals surface area contributed by atoms with Crippen molar-refractivity contribution in [2.24, 2.45) is 0 Å². The van der Waals surface area contributed by atoms with Crippen molar-refractivity contribution in [1.29, 1.82) is 0 Å². The van der Waals surface area contributed by atoms with Crippen LogP contribution < -0.4 is 0 Å². The zero-order chi connectivity index (χ0) is 6.69. The van der Waals surface area contributed by atoms with Gasteiger partial charge in [0.2, 0.25) is 0 Å². The van der Waals surface area contributed by atoms with E-state index in [-0.39, 0.29) is 0 Å². The molecule has 0 heterocycles. The van der Waals surface area contributed by atoms with Crippen LogP contribution in [0.25, 0.3) is 0 Å². The molecule has 0 amide bonds. The summed E-state index contributed by atoms with van der Waals surface area (Å²) in [6, 6.07) is 0.505. The van der Waals surface area contributed by atoms with Gasteiger partial charge < -0.3 is 5.21 Å². The summed E-state index contributed by atoms with van der Waals surface area (Å²) >= 11 is 0.799. The lowest BCUT2D eigenvalue weighted by Crippen LogP contribution is -2.31. The molecule has 0 aromatic carbocycles. The van der Waals surface area contributed by atoms with Crippen molar-refractivity contribution >= 4 is 16.5 Å². The Morgan fingerprint density at radius 3 is 2.11 bits per heavy atom. The first-order chi connectivity index (χ1) is 4.30. The van der Waals surface area contributed by atoms with E-state index >= 15 is 0 Å². The number of hydrogen-bond acceptors (Lipinski definition) is 2. The van der Waals surface area contributed by atoms with E-state index < -0.39 is 0 Å². The van der Waals surface area contributed by atoms with Crippen molar-refractivity contribution < 1.29 is 5.21 Å². The van der Waals surface area contributed by atoms with Gasteiger partial charge in [0.1, 0.15) is 0 Å². The summed E-state index contributed by atoms with van der Waals surface area (Å²) in [5.41, 5.74) is 0. The van der Waals surface area contributed by atoms with Gasteiger partial charge in [-0.25, -0.2) is 0 Å². The molecular formula is C6H14AlNO. The summed E-state index contributed by atoms with van der Waals surface area (Å²) in [5, 5.41) is 9.07. The molecule has 1 aliphatic rings. The van der Waals surface area contributed by atoms with Gasteiger partial charge in [-0.05, 0) is 12.8 Å². The predicted octanol–water partition coefficient (Wildman–Crippen LogP) is 0.558. The molecule has 0 saturated heterocycles. The van der Waals surface area contributed by atoms with E-state index in [0.29, 0.717) is 6.04 Å². The molecule has 0 unspecified atom stereocenters. The van der Waals surface area contributed by atoms with Crippen LogP contribution in [0.1, 0.15) is 32.1 Å². The first-order valence-electron chi connectivity index (χ1n) is 3.72. The van der Waals surface area contributed by atoms with Crippen LogP contribution in [0.4, 0.5) is 0 Å². The molecule has 52 valence electrons. The Bertz CT molecular complexity index is 81.1. The minimum atomic E-state index is 0.505. The van der Waals surface area contributed by atoms with Crippen LogP contribution in [0.5, 0.6) is 0 Å². The van der Waals surface area contributed by atoms with Crippen molar-refractivity contribution in [1.82, 2.24) is 4.05 Å². The largest absolute Gasteiger partial charge is 0.363 e. The molecule has 0 radical (unpaired) electrons. The third-order valence-electron chi connectivity index (χ3n) is 2.10. The maximum atomic E-state index is 9.07. The maximum Gasteiger partial charge on any atom is 0.363 e. The molecule has 0 aromatic rings. The molecule has 1 rings (SSSR count). The lowest BCUT2D eigenvalue weighted by atomic mass is 9.96. The third-order valence-corrected chi connectivity index (χ3v) is 2.83. The molecular weight excluding hydrogens is 129 g/mol. The topological polar surface area (TPSA) is 23.5 Å². The molecule has 3 heteroatoms. The fourth-order valence-corrected chi connectivity index (χ4v) is 1.97. The fourth-order valence-electron chi connectivity index (χ4n) is 1.45. The second kappa shape index (κ2) is 3.58. The van der Waals surface area contributed by atoms with Crippen LogP contribution in [-0.4, -0.2) is 31.8 Å². The number of hydroxylamine groups is 1. The predicted molar refractivity (Wildman–Crippen MR) is 39.0 cm³/mol. The van der Waals surface area contributed by atoms with Crippen molar-refractivity contribution in [3.8, 4) is 0 Å². The Morgan fingerprint density at radius 2 is 1.78 bits per heavy atom. The third kappa shape index (κ3) is 2.27. The Balaban J connectivity index is 2.23. The highest BCUT2D eigenvalue weighted by Crippen LogP contribution is 2.19. The van der Waals surface area contributed by atoms with E-state index in [1.54, 1.807) is 0 Å². The normalized spacial score (nSPS) is 22.9. The van der Waals surface area contributed by atoms with Gasteiger partial charge in [0, 0.05) is 6.04 Å². The quantitative estimate of drug-likeness (QED) is 0.428. The zero-order valence-corrected chi connectivity index (χ0v) is 8.01. The molecule has 1 aliphatic carbocycles. The van der Waals surface area contributed by atoms with E-state index in [9.17, 15) is 0 Å². The lowest BCUT2D eigenvalue weighted by molar-refractivity contribution is -0.0462. The Kier molecular flexibility index (Phi) is 3.01. The van der Waals surface area contributed by atoms with Crippen LogP contribution >= 0.6 is 0 Å². The molecule has 0 aliphatic heterocycles. The standard InChI is InChI=1S/C6H12NO.Al.2H/c8-7-6-4-2-1-3-5-6;;;/h6,8H,1-5H2;;;/q-1;+1;;. The minimum absolute atomic E-state index is 0.505. The van der Waals surface area contributed by atoms with Crippen molar-refractivity contribution in [2.45, 2.75) is 38.1 Å². The van der Waals surface area contributed by atoms with E-state index in [2.05, 4.69) is 0 Å². The smallest absolute Gasteiger partial charge is 0.337 e. The summed E-state index contributed by atoms with van der Waals surface area (Å²) in [4.78, 5) is 0. The molecule has 0 bridgehead atoms. The summed E-state index contributed by atoms with van der Waals surface area (Å²) in [5.74, 6) is 0. The van der Waals surface area contributed by atoms with E-state index in [1.165, 1.54) is 36.2 Å². The molecule has 1 fully saturated rings. The van der Waals surface area contributed by atoms with E-state index in [0.717, 1.165) is 16.5 Å². The van der Waals surface area contributed by atoms with Gasteiger partial charge in [-0.15, -0.1) is 0 Å². The van der Waals surface area contributed by atoms with Crippen molar-refractivity contribution in [3.05, 3.63) is 0 Å². The molecule has 2 nitrogen and oxygen atoms in total. The van der Waals surface area contributed by atoms with E-state index in [1.807, 2.05) is 0 Å². The molecule has 9 heavy (non-hydrogen) atoms. The van der Waals surface area contributed by atoms with Gasteiger partial charge in [-0.2, -0.15) is 0 Å². The zero-order valence-electron chi connectivity index (χ0n) is 6.01. The second-order valence-corrected chi connectivity index (χ2v) is 3.78. The van der Waals surface area contributed by atoms with Gasteiger partial charge in [-0.1, -0.05) is 19.3 Å². The fraction of sp³-hybridized carbons (Fsp3) is 1.00. The number of rotatable bonds is 1. The molecule has 0 spiro atoms. The van der Waals surface area contributed by atoms with Crippen molar-refractivity contribution in [2.75, 3.05) is 0 Å². The van der Waals surface area contributed by atoms with Crippen LogP contribution in [-0.2, 0) is 0 Å². The van der Waals surface area contributed by atoms with Gasteiger partial charge >= 0.3 is 16.5 Å². The monoisotopic (exact) mass is 143 g/mol. The summed E-state index contributed by atoms with van der Waals surface area (Å²) in [7, 11) is 0. The van der Waals surface area contributed by atoms with Gasteiger partial charge in [0.15, 0.2) is 0 Å². The van der Waals surface area contributed by atoms with E-state index in [4.69, 9.17) is 5.21 Å². The average molecular weight is 143 g/mol. The first-order valence-corrected chi connectivity index (χ1v) is 4.62. The highest BCUT2D eigenvalue weighted by atomic mass is 27.1. The number of hydrogen-bond donors (Lipinski definition) is 1. The van der Waals surface area contributed by atoms with Crippen molar-refractivity contribution in [3.63, 3.8) is 0 Å². The second-order valence-electron chi connectivity index (χ2n) is 2.87. The lowest BCUT2D eigenvalue weighted by Gasteiger charge is -2.27. The molecule has 0 atom stereocenters. The average Bonchev–Trinajstić information content (AvgIpc) is 1.90. The maximum absolute atomic E-state index is 9.07. The number of nitrogens with zero attached hydrogens (tertiary/aromatic N) is 1. The molecule has 1 N–H and O–H groups in total. The van der Waals surface area contributed by atoms with Crippen LogP contribution in [0, 0.1) is 0 Å². The highest BCUT2D eigenvalue weighted by Gasteiger charge is 2.14. The molecule has 1 saturated carbocycles. The summed E-state index contributed by atoms with van der Waals surface area (Å²) in [6.45, 7) is 0.